The standard InChI is InChI=1S/C14H20ClNO2/c1-9(17)14(2,3)16-8-12-7-10-6-11(15)4-5-13(10)18-12/h4-6,9,12,16-17H,7-8H2,1-3H3. The van der Waals surface area contributed by atoms with Crippen molar-refractivity contribution in [2.45, 2.75) is 44.9 Å². The molecule has 2 rings (SSSR count). The second kappa shape index (κ2) is 5.08. The molecule has 0 saturated heterocycles. The number of rotatable bonds is 4. The van der Waals surface area contributed by atoms with E-state index in [0.29, 0.717) is 6.54 Å². The van der Waals surface area contributed by atoms with Gasteiger partial charge in [0.25, 0.3) is 0 Å². The Balaban J connectivity index is 1.92. The van der Waals surface area contributed by atoms with Gasteiger partial charge in [0.05, 0.1) is 6.10 Å². The summed E-state index contributed by atoms with van der Waals surface area (Å²) < 4.78 is 5.83. The molecular weight excluding hydrogens is 250 g/mol. The summed E-state index contributed by atoms with van der Waals surface area (Å²) in [5.74, 6) is 0.918. The molecule has 0 bridgehead atoms. The van der Waals surface area contributed by atoms with Crippen molar-refractivity contribution in [2.75, 3.05) is 6.54 Å². The summed E-state index contributed by atoms with van der Waals surface area (Å²) in [4.78, 5) is 0. The van der Waals surface area contributed by atoms with E-state index >= 15 is 0 Å². The van der Waals surface area contributed by atoms with Gasteiger partial charge in [0.15, 0.2) is 0 Å². The highest BCUT2D eigenvalue weighted by molar-refractivity contribution is 6.30. The van der Waals surface area contributed by atoms with Crippen molar-refractivity contribution >= 4 is 11.6 Å². The van der Waals surface area contributed by atoms with E-state index < -0.39 is 6.10 Å². The van der Waals surface area contributed by atoms with Crippen LogP contribution in [-0.2, 0) is 6.42 Å². The summed E-state index contributed by atoms with van der Waals surface area (Å²) in [6.45, 7) is 6.47. The maximum absolute atomic E-state index is 9.64. The number of halogens is 1. The van der Waals surface area contributed by atoms with Crippen LogP contribution < -0.4 is 10.1 Å². The normalized spacial score (nSPS) is 20.4. The molecule has 1 aliphatic rings. The summed E-state index contributed by atoms with van der Waals surface area (Å²) in [7, 11) is 0. The largest absolute Gasteiger partial charge is 0.488 e. The summed E-state index contributed by atoms with van der Waals surface area (Å²) >= 11 is 5.96. The van der Waals surface area contributed by atoms with Crippen molar-refractivity contribution in [2.24, 2.45) is 0 Å². The average molecular weight is 270 g/mol. The highest BCUT2D eigenvalue weighted by atomic mass is 35.5. The molecule has 0 aromatic heterocycles. The first-order chi connectivity index (χ1) is 8.38. The number of fused-ring (bicyclic) bond motifs is 1. The van der Waals surface area contributed by atoms with Crippen LogP contribution in [0.3, 0.4) is 0 Å². The van der Waals surface area contributed by atoms with Crippen molar-refractivity contribution in [3.05, 3.63) is 28.8 Å². The summed E-state index contributed by atoms with van der Waals surface area (Å²) in [6, 6.07) is 5.71. The van der Waals surface area contributed by atoms with Crippen LogP contribution in [0.25, 0.3) is 0 Å². The van der Waals surface area contributed by atoms with Crippen LogP contribution in [0.5, 0.6) is 5.75 Å². The van der Waals surface area contributed by atoms with Crippen LogP contribution in [-0.4, -0.2) is 29.4 Å². The van der Waals surface area contributed by atoms with Gasteiger partial charge in [0, 0.05) is 23.5 Å². The first-order valence-electron chi connectivity index (χ1n) is 6.26. The highest BCUT2D eigenvalue weighted by Gasteiger charge is 2.28. The Morgan fingerprint density at radius 2 is 2.28 bits per heavy atom. The van der Waals surface area contributed by atoms with Crippen molar-refractivity contribution < 1.29 is 9.84 Å². The van der Waals surface area contributed by atoms with Gasteiger partial charge in [-0.1, -0.05) is 11.6 Å². The van der Waals surface area contributed by atoms with Crippen LogP contribution in [0.2, 0.25) is 5.02 Å². The van der Waals surface area contributed by atoms with Crippen LogP contribution >= 0.6 is 11.6 Å². The lowest BCUT2D eigenvalue weighted by Crippen LogP contribution is -2.51. The maximum atomic E-state index is 9.64. The first kappa shape index (κ1) is 13.7. The fourth-order valence-electron chi connectivity index (χ4n) is 1.93. The molecule has 2 N–H and O–H groups in total. The Morgan fingerprint density at radius 3 is 2.94 bits per heavy atom. The molecule has 0 aliphatic carbocycles. The lowest BCUT2D eigenvalue weighted by Gasteiger charge is -2.30. The van der Waals surface area contributed by atoms with E-state index in [1.165, 1.54) is 0 Å². The Morgan fingerprint density at radius 1 is 1.56 bits per heavy atom. The van der Waals surface area contributed by atoms with E-state index in [0.717, 1.165) is 22.8 Å². The molecule has 1 aromatic rings. The quantitative estimate of drug-likeness (QED) is 0.882. The van der Waals surface area contributed by atoms with Gasteiger partial charge < -0.3 is 15.2 Å². The molecule has 0 spiro atoms. The second-order valence-corrected chi connectivity index (χ2v) is 5.91. The third-order valence-corrected chi connectivity index (χ3v) is 3.83. The molecule has 1 aromatic carbocycles. The van der Waals surface area contributed by atoms with Gasteiger partial charge in [-0.05, 0) is 44.5 Å². The average Bonchev–Trinajstić information content (AvgIpc) is 2.68. The summed E-state index contributed by atoms with van der Waals surface area (Å²) in [5.41, 5.74) is 0.847. The molecule has 100 valence electrons. The molecule has 1 heterocycles. The van der Waals surface area contributed by atoms with Crippen molar-refractivity contribution in [1.82, 2.24) is 5.32 Å². The molecule has 18 heavy (non-hydrogen) atoms. The molecule has 3 nitrogen and oxygen atoms in total. The SMILES string of the molecule is CC(O)C(C)(C)NCC1Cc2cc(Cl)ccc2O1. The highest BCUT2D eigenvalue weighted by Crippen LogP contribution is 2.31. The minimum atomic E-state index is -0.407. The van der Waals surface area contributed by atoms with Crippen LogP contribution in [0.15, 0.2) is 18.2 Å². The van der Waals surface area contributed by atoms with Crippen LogP contribution in [0.1, 0.15) is 26.3 Å². The number of aliphatic hydroxyl groups excluding tert-OH is 1. The maximum Gasteiger partial charge on any atom is 0.123 e. The number of hydrogen-bond donors (Lipinski definition) is 2. The minimum Gasteiger partial charge on any atom is -0.488 e. The number of aliphatic hydroxyl groups is 1. The predicted molar refractivity (Wildman–Crippen MR) is 73.3 cm³/mol. The van der Waals surface area contributed by atoms with Gasteiger partial charge in [-0.3, -0.25) is 0 Å². The molecular formula is C14H20ClNO2. The van der Waals surface area contributed by atoms with E-state index in [4.69, 9.17) is 16.3 Å². The zero-order valence-electron chi connectivity index (χ0n) is 11.0. The van der Waals surface area contributed by atoms with Crippen LogP contribution in [0.4, 0.5) is 0 Å². The second-order valence-electron chi connectivity index (χ2n) is 5.47. The van der Waals surface area contributed by atoms with Crippen molar-refractivity contribution in [3.8, 4) is 5.75 Å². The third-order valence-electron chi connectivity index (χ3n) is 3.59. The Kier molecular flexibility index (Phi) is 3.85. The molecule has 2 unspecified atom stereocenters. The Bertz CT molecular complexity index is 432. The zero-order chi connectivity index (χ0) is 13.3. The fourth-order valence-corrected chi connectivity index (χ4v) is 2.12. The van der Waals surface area contributed by atoms with Crippen molar-refractivity contribution in [3.63, 3.8) is 0 Å². The molecule has 0 amide bonds. The van der Waals surface area contributed by atoms with Gasteiger partial charge in [-0.25, -0.2) is 0 Å². The lowest BCUT2D eigenvalue weighted by molar-refractivity contribution is 0.0873. The Labute approximate surface area is 113 Å². The van der Waals surface area contributed by atoms with Gasteiger partial charge in [-0.2, -0.15) is 0 Å². The monoisotopic (exact) mass is 269 g/mol. The first-order valence-corrected chi connectivity index (χ1v) is 6.64. The third kappa shape index (κ3) is 2.97. The van der Waals surface area contributed by atoms with Gasteiger partial charge in [0.1, 0.15) is 11.9 Å². The van der Waals surface area contributed by atoms with Crippen LogP contribution in [0, 0.1) is 0 Å². The topological polar surface area (TPSA) is 41.5 Å². The van der Waals surface area contributed by atoms with Gasteiger partial charge >= 0.3 is 0 Å². The van der Waals surface area contributed by atoms with Gasteiger partial charge in [0.2, 0.25) is 0 Å². The van der Waals surface area contributed by atoms with E-state index in [1.807, 2.05) is 32.0 Å². The molecule has 2 atom stereocenters. The van der Waals surface area contributed by atoms with E-state index in [9.17, 15) is 5.11 Å². The lowest BCUT2D eigenvalue weighted by atomic mass is 9.98. The van der Waals surface area contributed by atoms with E-state index in [2.05, 4.69) is 5.32 Å². The molecule has 1 aliphatic heterocycles. The summed E-state index contributed by atoms with van der Waals surface area (Å²) in [5, 5.41) is 13.7. The smallest absolute Gasteiger partial charge is 0.123 e. The van der Waals surface area contributed by atoms with E-state index in [-0.39, 0.29) is 11.6 Å². The number of nitrogens with one attached hydrogen (secondary N) is 1. The minimum absolute atomic E-state index is 0.108. The molecule has 4 heteroatoms. The summed E-state index contributed by atoms with van der Waals surface area (Å²) in [6.07, 6.45) is 0.561. The number of benzene rings is 1. The predicted octanol–water partition coefficient (Wildman–Crippen LogP) is 2.39. The zero-order valence-corrected chi connectivity index (χ0v) is 11.8. The molecule has 0 saturated carbocycles. The van der Waals surface area contributed by atoms with Crippen molar-refractivity contribution in [1.29, 1.82) is 0 Å². The number of hydrogen-bond acceptors (Lipinski definition) is 3. The number of ether oxygens (including phenoxy) is 1. The van der Waals surface area contributed by atoms with E-state index in [1.54, 1.807) is 6.92 Å². The van der Waals surface area contributed by atoms with Gasteiger partial charge in [-0.15, -0.1) is 0 Å². The Hall–Kier alpha value is -0.770. The fraction of sp³-hybridized carbons (Fsp3) is 0.571. The molecule has 0 fully saturated rings. The molecule has 0 radical (unpaired) electrons.